The first-order valence-electron chi connectivity index (χ1n) is 12.7. The third-order valence-corrected chi connectivity index (χ3v) is 7.19. The molecule has 0 amide bonds. The van der Waals surface area contributed by atoms with Gasteiger partial charge in [0.1, 0.15) is 26.2 Å². The molecule has 2 heterocycles. The van der Waals surface area contributed by atoms with Gasteiger partial charge in [0.05, 0.1) is 51.4 Å². The van der Waals surface area contributed by atoms with E-state index < -0.39 is 0 Å². The Kier molecular flexibility index (Phi) is 9.39. The van der Waals surface area contributed by atoms with Crippen LogP contribution in [0.25, 0.3) is 0 Å². The van der Waals surface area contributed by atoms with Crippen molar-refractivity contribution in [2.24, 2.45) is 11.8 Å². The lowest BCUT2D eigenvalue weighted by atomic mass is 9.86. The predicted octanol–water partition coefficient (Wildman–Crippen LogP) is 0.595. The average molecular weight is 467 g/mol. The van der Waals surface area contributed by atoms with E-state index in [2.05, 4.69) is 0 Å². The predicted molar refractivity (Wildman–Crippen MR) is 131 cm³/mol. The smallest absolute Gasteiger partial charge is 0.171 e. The zero-order valence-electron chi connectivity index (χ0n) is 20.0. The van der Waals surface area contributed by atoms with Gasteiger partial charge in [-0.1, -0.05) is 60.7 Å². The zero-order chi connectivity index (χ0) is 23.6. The number of ketones is 2. The first-order chi connectivity index (χ1) is 16.7. The summed E-state index contributed by atoms with van der Waals surface area (Å²) >= 11 is 0. The molecule has 2 aromatic carbocycles. The lowest BCUT2D eigenvalue weighted by Gasteiger charge is -2.29. The van der Waals surface area contributed by atoms with E-state index in [1.54, 1.807) is 0 Å². The third kappa shape index (κ3) is 7.06. The minimum Gasteiger partial charge on any atom is -0.370 e. The van der Waals surface area contributed by atoms with Crippen LogP contribution in [0.3, 0.4) is 0 Å². The lowest BCUT2D eigenvalue weighted by Crippen LogP contribution is -3.15. The van der Waals surface area contributed by atoms with Crippen molar-refractivity contribution in [3.8, 4) is 0 Å². The maximum absolute atomic E-state index is 13.5. The number of carbonyl (C=O) groups excluding carboxylic acids is 2. The summed E-state index contributed by atoms with van der Waals surface area (Å²) in [7, 11) is 0. The van der Waals surface area contributed by atoms with Crippen LogP contribution < -0.4 is 9.80 Å². The summed E-state index contributed by atoms with van der Waals surface area (Å²) in [6.07, 6.45) is 1.45. The molecule has 0 spiro atoms. The molecule has 2 atom stereocenters. The Morgan fingerprint density at radius 3 is 1.32 bits per heavy atom. The quantitative estimate of drug-likeness (QED) is 0.476. The van der Waals surface area contributed by atoms with Gasteiger partial charge in [0.25, 0.3) is 0 Å². The number of benzene rings is 2. The van der Waals surface area contributed by atoms with Crippen LogP contribution in [0.5, 0.6) is 0 Å². The fraction of sp³-hybridized carbons (Fsp3) is 0.500. The molecule has 6 heteroatoms. The van der Waals surface area contributed by atoms with Crippen LogP contribution in [-0.2, 0) is 9.47 Å². The second-order valence-electron chi connectivity index (χ2n) is 9.56. The molecule has 2 unspecified atom stereocenters. The van der Waals surface area contributed by atoms with Crippen LogP contribution in [0, 0.1) is 11.8 Å². The molecule has 182 valence electrons. The summed E-state index contributed by atoms with van der Waals surface area (Å²) < 4.78 is 11.1. The van der Waals surface area contributed by atoms with E-state index in [0.717, 1.165) is 89.7 Å². The summed E-state index contributed by atoms with van der Waals surface area (Å²) in [5.74, 6) is 0.205. The highest BCUT2D eigenvalue weighted by atomic mass is 16.5. The van der Waals surface area contributed by atoms with Gasteiger partial charge in [-0.15, -0.1) is 0 Å². The van der Waals surface area contributed by atoms with Crippen LogP contribution >= 0.6 is 0 Å². The Balaban J connectivity index is 1.49. The van der Waals surface area contributed by atoms with Crippen LogP contribution in [-0.4, -0.2) is 77.3 Å². The van der Waals surface area contributed by atoms with Crippen LogP contribution in [0.4, 0.5) is 0 Å². The largest absolute Gasteiger partial charge is 0.370 e. The van der Waals surface area contributed by atoms with E-state index in [-0.39, 0.29) is 23.4 Å². The first kappa shape index (κ1) is 24.7. The molecule has 2 fully saturated rings. The highest BCUT2D eigenvalue weighted by molar-refractivity contribution is 5.99. The van der Waals surface area contributed by atoms with Gasteiger partial charge in [-0.25, -0.2) is 0 Å². The van der Waals surface area contributed by atoms with Crippen LogP contribution in [0.2, 0.25) is 0 Å². The topological polar surface area (TPSA) is 61.5 Å². The van der Waals surface area contributed by atoms with Crippen molar-refractivity contribution in [1.29, 1.82) is 0 Å². The SMILES string of the molecule is O=C(c1ccccc1)C(CCC(C[NH+]1CCOCC1)C(=O)c1ccccc1)C[NH+]1CCOCC1. The lowest BCUT2D eigenvalue weighted by molar-refractivity contribution is -0.911. The Labute approximate surface area is 202 Å². The van der Waals surface area contributed by atoms with Crippen LogP contribution in [0.1, 0.15) is 33.6 Å². The molecule has 2 aromatic rings. The standard InChI is InChI=1S/C28H36N2O4/c31-27(23-7-3-1-4-8-23)25(21-29-13-17-33-18-14-29)11-12-26(22-30-15-19-34-20-16-30)28(32)24-9-5-2-6-10-24/h1-10,25-26H,11-22H2/p+2. The number of rotatable bonds is 11. The summed E-state index contributed by atoms with van der Waals surface area (Å²) in [5.41, 5.74) is 1.54. The Morgan fingerprint density at radius 1 is 0.618 bits per heavy atom. The molecule has 34 heavy (non-hydrogen) atoms. The normalized spacial score (nSPS) is 19.4. The summed E-state index contributed by atoms with van der Waals surface area (Å²) in [6.45, 7) is 8.32. The van der Waals surface area contributed by atoms with Gasteiger partial charge in [0, 0.05) is 11.1 Å². The third-order valence-electron chi connectivity index (χ3n) is 7.19. The molecule has 2 saturated heterocycles. The minimum absolute atomic E-state index is 0.0961. The molecule has 6 nitrogen and oxygen atoms in total. The van der Waals surface area contributed by atoms with Crippen molar-refractivity contribution >= 4 is 11.6 Å². The van der Waals surface area contributed by atoms with Crippen molar-refractivity contribution in [3.63, 3.8) is 0 Å². The van der Waals surface area contributed by atoms with E-state index in [4.69, 9.17) is 9.47 Å². The monoisotopic (exact) mass is 466 g/mol. The van der Waals surface area contributed by atoms with E-state index in [0.29, 0.717) is 0 Å². The number of ether oxygens (including phenoxy) is 2. The molecule has 2 N–H and O–H groups in total. The number of hydrogen-bond acceptors (Lipinski definition) is 4. The number of hydrogen-bond donors (Lipinski definition) is 2. The maximum Gasteiger partial charge on any atom is 0.171 e. The molecule has 0 aromatic heterocycles. The summed E-state index contributed by atoms with van der Waals surface area (Å²) in [4.78, 5) is 29.9. The molecule has 0 bridgehead atoms. The number of carbonyl (C=O) groups is 2. The number of morpholine rings is 2. The minimum atomic E-state index is -0.0961. The highest BCUT2D eigenvalue weighted by Gasteiger charge is 2.31. The van der Waals surface area contributed by atoms with Crippen molar-refractivity contribution < 1.29 is 28.9 Å². The summed E-state index contributed by atoms with van der Waals surface area (Å²) in [5, 5.41) is 0. The Hall–Kier alpha value is -2.38. The van der Waals surface area contributed by atoms with Gasteiger partial charge in [-0.05, 0) is 12.8 Å². The maximum atomic E-state index is 13.5. The molecule has 2 aliphatic heterocycles. The molecular weight excluding hydrogens is 428 g/mol. The molecule has 0 radical (unpaired) electrons. The zero-order valence-corrected chi connectivity index (χ0v) is 20.0. The Bertz CT molecular complexity index is 818. The first-order valence-corrected chi connectivity index (χ1v) is 12.7. The van der Waals surface area contributed by atoms with E-state index in [1.165, 1.54) is 9.80 Å². The second-order valence-corrected chi connectivity index (χ2v) is 9.56. The number of Topliss-reactive ketones (excluding diaryl/α,β-unsaturated/α-hetero) is 2. The van der Waals surface area contributed by atoms with Gasteiger partial charge in [0.15, 0.2) is 11.6 Å². The molecule has 0 saturated carbocycles. The fourth-order valence-corrected chi connectivity index (χ4v) is 5.16. The Morgan fingerprint density at radius 2 is 0.971 bits per heavy atom. The van der Waals surface area contributed by atoms with Crippen molar-refractivity contribution in [2.45, 2.75) is 12.8 Å². The van der Waals surface area contributed by atoms with Crippen LogP contribution in [0.15, 0.2) is 60.7 Å². The van der Waals surface area contributed by atoms with E-state index in [9.17, 15) is 9.59 Å². The van der Waals surface area contributed by atoms with Gasteiger partial charge >= 0.3 is 0 Å². The second kappa shape index (κ2) is 12.9. The fourth-order valence-electron chi connectivity index (χ4n) is 5.16. The van der Waals surface area contributed by atoms with E-state index >= 15 is 0 Å². The molecule has 0 aliphatic carbocycles. The molecule has 2 aliphatic rings. The van der Waals surface area contributed by atoms with Crippen molar-refractivity contribution in [1.82, 2.24) is 0 Å². The van der Waals surface area contributed by atoms with Crippen molar-refractivity contribution in [2.75, 3.05) is 65.7 Å². The number of nitrogens with one attached hydrogen (secondary N) is 2. The van der Waals surface area contributed by atoms with Gasteiger partial charge in [-0.2, -0.15) is 0 Å². The van der Waals surface area contributed by atoms with Crippen molar-refractivity contribution in [3.05, 3.63) is 71.8 Å². The highest BCUT2D eigenvalue weighted by Crippen LogP contribution is 2.20. The van der Waals surface area contributed by atoms with Gasteiger partial charge in [-0.3, -0.25) is 9.59 Å². The summed E-state index contributed by atoms with van der Waals surface area (Å²) in [6, 6.07) is 19.2. The molecular formula is C28H38N2O4+2. The molecule has 4 rings (SSSR count). The van der Waals surface area contributed by atoms with Gasteiger partial charge < -0.3 is 19.3 Å². The number of quaternary nitrogens is 2. The van der Waals surface area contributed by atoms with E-state index in [1.807, 2.05) is 60.7 Å². The average Bonchev–Trinajstić information content (AvgIpc) is 2.91. The van der Waals surface area contributed by atoms with Gasteiger partial charge in [0.2, 0.25) is 0 Å².